The molecule has 2 aromatic rings. The average molecular weight is 312 g/mol. The molecular formula is C18H20N2O3. The van der Waals surface area contributed by atoms with E-state index >= 15 is 0 Å². The number of nitrogen functional groups attached to an aromatic ring is 1. The number of anilines is 2. The van der Waals surface area contributed by atoms with Gasteiger partial charge in [0.25, 0.3) is 0 Å². The van der Waals surface area contributed by atoms with Crippen molar-refractivity contribution in [1.29, 1.82) is 0 Å². The summed E-state index contributed by atoms with van der Waals surface area (Å²) < 4.78 is 10.9. The minimum absolute atomic E-state index is 0.0628. The summed E-state index contributed by atoms with van der Waals surface area (Å²) in [7, 11) is 1.62. The molecule has 1 aliphatic heterocycles. The van der Waals surface area contributed by atoms with Gasteiger partial charge < -0.3 is 20.5 Å². The van der Waals surface area contributed by atoms with Crippen molar-refractivity contribution in [3.8, 4) is 11.5 Å². The molecule has 5 heteroatoms. The molecule has 5 nitrogen and oxygen atoms in total. The molecule has 0 bridgehead atoms. The van der Waals surface area contributed by atoms with E-state index in [2.05, 4.69) is 5.32 Å². The summed E-state index contributed by atoms with van der Waals surface area (Å²) in [5.74, 6) is 1.28. The van der Waals surface area contributed by atoms with Crippen LogP contribution in [-0.2, 0) is 11.2 Å². The Morgan fingerprint density at radius 3 is 2.91 bits per heavy atom. The first-order chi connectivity index (χ1) is 11.1. The number of nitrogens with two attached hydrogens (primary N) is 1. The largest absolute Gasteiger partial charge is 0.497 e. The lowest BCUT2D eigenvalue weighted by molar-refractivity contribution is -0.121. The van der Waals surface area contributed by atoms with Gasteiger partial charge in [0.1, 0.15) is 18.1 Å². The van der Waals surface area contributed by atoms with Crippen molar-refractivity contribution < 1.29 is 14.3 Å². The number of rotatable bonds is 3. The van der Waals surface area contributed by atoms with Gasteiger partial charge in [-0.05, 0) is 54.8 Å². The van der Waals surface area contributed by atoms with Crippen molar-refractivity contribution >= 4 is 17.3 Å². The van der Waals surface area contributed by atoms with Crippen molar-refractivity contribution in [2.45, 2.75) is 13.3 Å². The average Bonchev–Trinajstić information content (AvgIpc) is 2.57. The lowest BCUT2D eigenvalue weighted by Gasteiger charge is -2.25. The minimum atomic E-state index is -0.240. The van der Waals surface area contributed by atoms with E-state index in [1.165, 1.54) is 0 Å². The van der Waals surface area contributed by atoms with Gasteiger partial charge in [0, 0.05) is 11.4 Å². The highest BCUT2D eigenvalue weighted by Gasteiger charge is 2.26. The predicted molar refractivity (Wildman–Crippen MR) is 89.9 cm³/mol. The van der Waals surface area contributed by atoms with Crippen molar-refractivity contribution in [1.82, 2.24) is 0 Å². The number of amides is 1. The number of methoxy groups -OCH3 is 1. The summed E-state index contributed by atoms with van der Waals surface area (Å²) in [6.07, 6.45) is 0.625. The second-order valence-electron chi connectivity index (χ2n) is 5.75. The van der Waals surface area contributed by atoms with Gasteiger partial charge in [0.05, 0.1) is 13.0 Å². The van der Waals surface area contributed by atoms with E-state index in [0.717, 1.165) is 28.3 Å². The van der Waals surface area contributed by atoms with E-state index in [4.69, 9.17) is 15.2 Å². The van der Waals surface area contributed by atoms with Crippen LogP contribution >= 0.6 is 0 Å². The quantitative estimate of drug-likeness (QED) is 0.855. The van der Waals surface area contributed by atoms with Gasteiger partial charge in [0.15, 0.2) is 0 Å². The van der Waals surface area contributed by atoms with Gasteiger partial charge in [-0.2, -0.15) is 0 Å². The summed E-state index contributed by atoms with van der Waals surface area (Å²) in [5.41, 5.74) is 9.12. The van der Waals surface area contributed by atoms with E-state index in [0.29, 0.717) is 18.7 Å². The first-order valence-electron chi connectivity index (χ1n) is 7.53. The Morgan fingerprint density at radius 2 is 2.13 bits per heavy atom. The Kier molecular flexibility index (Phi) is 4.10. The molecular weight excluding hydrogens is 292 g/mol. The maximum Gasteiger partial charge on any atom is 0.231 e. The number of aryl methyl sites for hydroxylation is 1. The first-order valence-corrected chi connectivity index (χ1v) is 7.53. The molecule has 1 aliphatic rings. The highest BCUT2D eigenvalue weighted by atomic mass is 16.5. The zero-order valence-corrected chi connectivity index (χ0v) is 13.3. The van der Waals surface area contributed by atoms with Crippen molar-refractivity contribution in [3.05, 3.63) is 47.5 Å². The van der Waals surface area contributed by atoms with Gasteiger partial charge in [-0.3, -0.25) is 4.79 Å². The topological polar surface area (TPSA) is 73.6 Å². The van der Waals surface area contributed by atoms with Crippen LogP contribution < -0.4 is 20.5 Å². The molecule has 1 unspecified atom stereocenters. The lowest BCUT2D eigenvalue weighted by atomic mass is 9.95. The van der Waals surface area contributed by atoms with E-state index in [1.54, 1.807) is 13.2 Å². The fraction of sp³-hybridized carbons (Fsp3) is 0.278. The number of hydrogen-bond donors (Lipinski definition) is 2. The summed E-state index contributed by atoms with van der Waals surface area (Å²) in [5, 5.41) is 2.95. The van der Waals surface area contributed by atoms with Crippen LogP contribution in [0.3, 0.4) is 0 Å². The monoisotopic (exact) mass is 312 g/mol. The molecule has 0 spiro atoms. The molecule has 1 amide bonds. The first kappa shape index (κ1) is 15.2. The molecule has 0 saturated heterocycles. The van der Waals surface area contributed by atoms with Crippen LogP contribution in [0.4, 0.5) is 11.4 Å². The third-order valence-electron chi connectivity index (χ3n) is 4.06. The Hall–Kier alpha value is -2.69. The number of ether oxygens (including phenoxy) is 2. The van der Waals surface area contributed by atoms with E-state index in [1.807, 2.05) is 37.3 Å². The highest BCUT2D eigenvalue weighted by Crippen LogP contribution is 2.31. The Balaban J connectivity index is 1.75. The highest BCUT2D eigenvalue weighted by molar-refractivity contribution is 5.94. The van der Waals surface area contributed by atoms with Crippen LogP contribution in [-0.4, -0.2) is 19.6 Å². The predicted octanol–water partition coefficient (Wildman–Crippen LogP) is 2.78. The minimum Gasteiger partial charge on any atom is -0.497 e. The molecule has 3 N–H and O–H groups in total. The summed E-state index contributed by atoms with van der Waals surface area (Å²) in [6.45, 7) is 2.30. The zero-order chi connectivity index (χ0) is 16.4. The molecule has 3 rings (SSSR count). The zero-order valence-electron chi connectivity index (χ0n) is 13.3. The van der Waals surface area contributed by atoms with E-state index in [-0.39, 0.29) is 11.8 Å². The lowest BCUT2D eigenvalue weighted by Crippen LogP contribution is -2.32. The van der Waals surface area contributed by atoms with Crippen LogP contribution in [0.1, 0.15) is 11.1 Å². The molecule has 0 aromatic heterocycles. The number of carbonyl (C=O) groups excluding carboxylic acids is 1. The molecule has 0 radical (unpaired) electrons. The SMILES string of the molecule is COc1ccc2c(c1)CC(C(=O)Nc1cc(N)ccc1C)CO2. The summed E-state index contributed by atoms with van der Waals surface area (Å²) in [4.78, 5) is 12.5. The number of carbonyl (C=O) groups is 1. The summed E-state index contributed by atoms with van der Waals surface area (Å²) >= 11 is 0. The molecule has 0 saturated carbocycles. The van der Waals surface area contributed by atoms with Gasteiger partial charge in [-0.25, -0.2) is 0 Å². The van der Waals surface area contributed by atoms with Crippen LogP contribution in [0.5, 0.6) is 11.5 Å². The van der Waals surface area contributed by atoms with E-state index in [9.17, 15) is 4.79 Å². The number of fused-ring (bicyclic) bond motifs is 1. The third kappa shape index (κ3) is 3.23. The van der Waals surface area contributed by atoms with Gasteiger partial charge in [0.2, 0.25) is 5.91 Å². The molecule has 2 aromatic carbocycles. The van der Waals surface area contributed by atoms with Crippen LogP contribution in [0.25, 0.3) is 0 Å². The molecule has 0 aliphatic carbocycles. The van der Waals surface area contributed by atoms with Crippen molar-refractivity contribution in [2.75, 3.05) is 24.8 Å². The van der Waals surface area contributed by atoms with Gasteiger partial charge >= 0.3 is 0 Å². The van der Waals surface area contributed by atoms with Crippen LogP contribution in [0.15, 0.2) is 36.4 Å². The van der Waals surface area contributed by atoms with Gasteiger partial charge in [-0.15, -0.1) is 0 Å². The number of benzene rings is 2. The third-order valence-corrected chi connectivity index (χ3v) is 4.06. The number of nitrogens with one attached hydrogen (secondary N) is 1. The smallest absolute Gasteiger partial charge is 0.231 e. The van der Waals surface area contributed by atoms with Crippen molar-refractivity contribution in [3.63, 3.8) is 0 Å². The maximum absolute atomic E-state index is 12.5. The van der Waals surface area contributed by atoms with E-state index < -0.39 is 0 Å². The molecule has 23 heavy (non-hydrogen) atoms. The standard InChI is InChI=1S/C18H20N2O3/c1-11-3-4-14(19)9-16(11)20-18(21)13-7-12-8-15(22-2)5-6-17(12)23-10-13/h3-6,8-9,13H,7,10,19H2,1-2H3,(H,20,21). The molecule has 1 heterocycles. The van der Waals surface area contributed by atoms with Crippen LogP contribution in [0.2, 0.25) is 0 Å². The van der Waals surface area contributed by atoms with Crippen LogP contribution in [0, 0.1) is 12.8 Å². The second-order valence-corrected chi connectivity index (χ2v) is 5.75. The van der Waals surface area contributed by atoms with Gasteiger partial charge in [-0.1, -0.05) is 6.07 Å². The maximum atomic E-state index is 12.5. The molecule has 0 fully saturated rings. The Bertz CT molecular complexity index is 743. The second kappa shape index (κ2) is 6.20. The normalized spacial score (nSPS) is 16.2. The summed E-state index contributed by atoms with van der Waals surface area (Å²) in [6, 6.07) is 11.1. The molecule has 1 atom stereocenters. The Labute approximate surface area is 135 Å². The Morgan fingerprint density at radius 1 is 1.30 bits per heavy atom. The number of hydrogen-bond acceptors (Lipinski definition) is 4. The van der Waals surface area contributed by atoms with Crippen molar-refractivity contribution in [2.24, 2.45) is 5.92 Å². The molecule has 120 valence electrons. The fourth-order valence-corrected chi connectivity index (χ4v) is 2.68. The fourth-order valence-electron chi connectivity index (χ4n) is 2.68.